The van der Waals surface area contributed by atoms with Crippen LogP contribution in [0.25, 0.3) is 0 Å². The molecule has 0 aromatic rings. The average Bonchev–Trinajstić information content (AvgIpc) is 3.40. The third-order valence-electron chi connectivity index (χ3n) is 14.8. The van der Waals surface area contributed by atoms with Gasteiger partial charge in [0.05, 0.1) is 25.4 Å². The van der Waals surface area contributed by atoms with Crippen LogP contribution in [0.5, 0.6) is 0 Å². The summed E-state index contributed by atoms with van der Waals surface area (Å²) in [6.45, 7) is 3.78. The van der Waals surface area contributed by atoms with Crippen LogP contribution >= 0.6 is 0 Å². The van der Waals surface area contributed by atoms with E-state index in [0.29, 0.717) is 6.42 Å². The fraction of sp³-hybridized carbons (Fsp3) is 0.831. The summed E-state index contributed by atoms with van der Waals surface area (Å²) in [5.41, 5.74) is 0. The van der Waals surface area contributed by atoms with Gasteiger partial charge in [0.25, 0.3) is 0 Å². The van der Waals surface area contributed by atoms with Crippen molar-refractivity contribution in [2.45, 2.75) is 333 Å². The molecule has 6 N–H and O–H groups in total. The Morgan fingerprint density at radius 3 is 1.22 bits per heavy atom. The van der Waals surface area contributed by atoms with Crippen molar-refractivity contribution < 1.29 is 39.8 Å². The molecule has 7 atom stereocenters. The standard InChI is InChI=1S/C65H119NO8/c1-3-5-7-9-11-13-15-17-19-21-23-25-27-29-30-31-33-35-37-39-41-43-45-47-49-51-53-55-61(69)66-58(57-73-65-64(72)63(71)62(70)60(56-67)74-65)59(68)54-52-50-48-46-44-42-40-38-36-34-32-28-26-24-22-20-18-16-14-12-10-8-6-4-2/h23,25,29-30,36,38,44,46,52,54,58-60,62-65,67-68,70-72H,3-22,24,26-28,31-35,37,39-43,45,47-51,53,55-57H2,1-2H3,(H,66,69)/b25-23-,30-29-,38-36+,46-44+,54-52+. The molecule has 432 valence electrons. The molecule has 1 amide bonds. The molecule has 0 aliphatic carbocycles. The lowest BCUT2D eigenvalue weighted by molar-refractivity contribution is -0.302. The molecule has 0 aromatic carbocycles. The molecular formula is C65H119NO8. The van der Waals surface area contributed by atoms with Crippen LogP contribution in [-0.2, 0) is 14.3 Å². The van der Waals surface area contributed by atoms with Gasteiger partial charge in [-0.2, -0.15) is 0 Å². The first-order valence-corrected chi connectivity index (χ1v) is 31.5. The highest BCUT2D eigenvalue weighted by Gasteiger charge is 2.44. The van der Waals surface area contributed by atoms with Gasteiger partial charge < -0.3 is 40.3 Å². The maximum absolute atomic E-state index is 13.1. The van der Waals surface area contributed by atoms with Gasteiger partial charge in [-0.25, -0.2) is 0 Å². The van der Waals surface area contributed by atoms with E-state index >= 15 is 0 Å². The molecule has 74 heavy (non-hydrogen) atoms. The van der Waals surface area contributed by atoms with Crippen molar-refractivity contribution >= 4 is 5.91 Å². The Labute approximate surface area is 456 Å². The summed E-state index contributed by atoms with van der Waals surface area (Å²) in [5.74, 6) is -0.191. The minimum absolute atomic E-state index is 0.191. The summed E-state index contributed by atoms with van der Waals surface area (Å²) >= 11 is 0. The van der Waals surface area contributed by atoms with Gasteiger partial charge in [-0.3, -0.25) is 4.79 Å². The molecule has 1 aliphatic rings. The van der Waals surface area contributed by atoms with Crippen molar-refractivity contribution in [3.8, 4) is 0 Å². The van der Waals surface area contributed by atoms with Crippen LogP contribution in [0.3, 0.4) is 0 Å². The van der Waals surface area contributed by atoms with E-state index in [1.165, 1.54) is 218 Å². The number of ether oxygens (including phenoxy) is 2. The number of hydrogen-bond acceptors (Lipinski definition) is 8. The van der Waals surface area contributed by atoms with Crippen LogP contribution in [0, 0.1) is 0 Å². The SMILES string of the molecule is CCCCCCCCCCC/C=C\C/C=C\CCCCCCCCCCCCCC(=O)NC(COC1OC(CO)C(O)C(O)C1O)C(O)/C=C/CC/C=C/CC/C=C/CCCCCCCCCCCCCCCC. The van der Waals surface area contributed by atoms with Crippen molar-refractivity contribution in [1.29, 1.82) is 0 Å². The number of hydrogen-bond donors (Lipinski definition) is 6. The third kappa shape index (κ3) is 42.9. The molecular weight excluding hydrogens is 923 g/mol. The van der Waals surface area contributed by atoms with E-state index in [4.69, 9.17) is 9.47 Å². The Balaban J connectivity index is 2.23. The Kier molecular flexibility index (Phi) is 51.3. The first-order valence-electron chi connectivity index (χ1n) is 31.5. The number of aliphatic hydroxyl groups excluding tert-OH is 5. The number of carbonyl (C=O) groups is 1. The van der Waals surface area contributed by atoms with Crippen LogP contribution < -0.4 is 5.32 Å². The quantitative estimate of drug-likeness (QED) is 0.0261. The Hall–Kier alpha value is -2.11. The second-order valence-corrected chi connectivity index (χ2v) is 21.8. The normalized spacial score (nSPS) is 19.4. The van der Waals surface area contributed by atoms with Crippen molar-refractivity contribution in [3.05, 3.63) is 60.8 Å². The van der Waals surface area contributed by atoms with Gasteiger partial charge >= 0.3 is 0 Å². The lowest BCUT2D eigenvalue weighted by atomic mass is 9.99. The predicted molar refractivity (Wildman–Crippen MR) is 313 cm³/mol. The number of nitrogens with one attached hydrogen (secondary N) is 1. The monoisotopic (exact) mass is 1040 g/mol. The highest BCUT2D eigenvalue weighted by atomic mass is 16.7. The van der Waals surface area contributed by atoms with Gasteiger partial charge in [0.1, 0.15) is 24.4 Å². The molecule has 0 aromatic heterocycles. The number of carbonyl (C=O) groups excluding carboxylic acids is 1. The highest BCUT2D eigenvalue weighted by molar-refractivity contribution is 5.76. The summed E-state index contributed by atoms with van der Waals surface area (Å²) in [5, 5.41) is 54.6. The van der Waals surface area contributed by atoms with E-state index in [0.717, 1.165) is 51.4 Å². The molecule has 1 rings (SSSR count). The van der Waals surface area contributed by atoms with Crippen LogP contribution in [0.2, 0.25) is 0 Å². The molecule has 1 heterocycles. The lowest BCUT2D eigenvalue weighted by Gasteiger charge is -2.40. The van der Waals surface area contributed by atoms with E-state index in [1.807, 2.05) is 6.08 Å². The summed E-state index contributed by atoms with van der Waals surface area (Å²) in [7, 11) is 0. The molecule has 0 radical (unpaired) electrons. The summed E-state index contributed by atoms with van der Waals surface area (Å²) in [6, 6.07) is -0.833. The first-order chi connectivity index (χ1) is 36.3. The molecule has 0 saturated carbocycles. The van der Waals surface area contributed by atoms with Crippen molar-refractivity contribution in [2.75, 3.05) is 13.2 Å². The predicted octanol–water partition coefficient (Wildman–Crippen LogP) is 16.2. The molecule has 0 spiro atoms. The zero-order valence-corrected chi connectivity index (χ0v) is 48.1. The second kappa shape index (κ2) is 54.3. The molecule has 7 unspecified atom stereocenters. The first kappa shape index (κ1) is 69.9. The molecule has 1 saturated heterocycles. The second-order valence-electron chi connectivity index (χ2n) is 21.8. The number of aliphatic hydroxyl groups is 5. The maximum Gasteiger partial charge on any atom is 0.220 e. The van der Waals surface area contributed by atoms with Crippen molar-refractivity contribution in [1.82, 2.24) is 5.32 Å². The van der Waals surface area contributed by atoms with E-state index in [9.17, 15) is 30.3 Å². The van der Waals surface area contributed by atoms with Crippen molar-refractivity contribution in [2.24, 2.45) is 0 Å². The minimum Gasteiger partial charge on any atom is -0.394 e. The van der Waals surface area contributed by atoms with E-state index in [-0.39, 0.29) is 12.5 Å². The zero-order chi connectivity index (χ0) is 53.6. The number of rotatable bonds is 54. The Morgan fingerprint density at radius 1 is 0.459 bits per heavy atom. The molecule has 9 nitrogen and oxygen atoms in total. The van der Waals surface area contributed by atoms with E-state index < -0.39 is 49.5 Å². The van der Waals surface area contributed by atoms with Gasteiger partial charge in [0.15, 0.2) is 6.29 Å². The largest absolute Gasteiger partial charge is 0.394 e. The number of allylic oxidation sites excluding steroid dienone is 9. The highest BCUT2D eigenvalue weighted by Crippen LogP contribution is 2.23. The maximum atomic E-state index is 13.1. The fourth-order valence-electron chi connectivity index (χ4n) is 9.81. The van der Waals surface area contributed by atoms with Gasteiger partial charge in [-0.1, -0.05) is 267 Å². The number of amides is 1. The van der Waals surface area contributed by atoms with Crippen LogP contribution in [0.15, 0.2) is 60.8 Å². The number of unbranched alkanes of at least 4 members (excludes halogenated alkanes) is 36. The summed E-state index contributed by atoms with van der Waals surface area (Å²) < 4.78 is 11.3. The van der Waals surface area contributed by atoms with Crippen LogP contribution in [0.1, 0.15) is 290 Å². The fourth-order valence-corrected chi connectivity index (χ4v) is 9.81. The molecule has 9 heteroatoms. The third-order valence-corrected chi connectivity index (χ3v) is 14.8. The van der Waals surface area contributed by atoms with Gasteiger partial charge in [-0.05, 0) is 77.0 Å². The van der Waals surface area contributed by atoms with Gasteiger partial charge in [-0.15, -0.1) is 0 Å². The summed E-state index contributed by atoms with van der Waals surface area (Å²) in [4.78, 5) is 13.1. The van der Waals surface area contributed by atoms with Crippen LogP contribution in [-0.4, -0.2) is 87.5 Å². The molecule has 0 bridgehead atoms. The van der Waals surface area contributed by atoms with Gasteiger partial charge in [0, 0.05) is 6.42 Å². The van der Waals surface area contributed by atoms with Gasteiger partial charge in [0.2, 0.25) is 5.91 Å². The zero-order valence-electron chi connectivity index (χ0n) is 48.1. The average molecular weight is 1040 g/mol. The Bertz CT molecular complexity index is 1350. The topological polar surface area (TPSA) is 149 Å². The smallest absolute Gasteiger partial charge is 0.220 e. The minimum atomic E-state index is -1.58. The molecule has 1 fully saturated rings. The lowest BCUT2D eigenvalue weighted by Crippen LogP contribution is -2.60. The van der Waals surface area contributed by atoms with Crippen molar-refractivity contribution in [3.63, 3.8) is 0 Å². The van der Waals surface area contributed by atoms with E-state index in [2.05, 4.69) is 67.8 Å². The molecule has 1 aliphatic heterocycles. The van der Waals surface area contributed by atoms with E-state index in [1.54, 1.807) is 6.08 Å². The summed E-state index contributed by atoms with van der Waals surface area (Å²) in [6.07, 6.45) is 67.3. The Morgan fingerprint density at radius 2 is 0.811 bits per heavy atom. The van der Waals surface area contributed by atoms with Crippen LogP contribution in [0.4, 0.5) is 0 Å².